The molecule has 0 bridgehead atoms. The van der Waals surface area contributed by atoms with Gasteiger partial charge >= 0.3 is 0 Å². The number of hydrogen-bond acceptors (Lipinski definition) is 2. The van der Waals surface area contributed by atoms with E-state index in [0.29, 0.717) is 0 Å². The van der Waals surface area contributed by atoms with Crippen LogP contribution in [0, 0.1) is 11.8 Å². The zero-order chi connectivity index (χ0) is 11.8. The molecular weight excluding hydrogens is 202 g/mol. The Balaban J connectivity index is 3.98. The third kappa shape index (κ3) is 7.92. The molecule has 2 N–H and O–H groups in total. The molecule has 15 heavy (non-hydrogen) atoms. The van der Waals surface area contributed by atoms with Crippen molar-refractivity contribution in [2.75, 3.05) is 5.75 Å². The standard InChI is InChI=1S/C13H27NS/c1-6-13(8-7-10(2)3)11(4)9-15-12(5)14/h7,11-13H,6,8-9,14H2,1-5H3. The molecule has 0 aliphatic heterocycles. The molecule has 0 radical (unpaired) electrons. The summed E-state index contributed by atoms with van der Waals surface area (Å²) in [5, 5.41) is 0.272. The van der Waals surface area contributed by atoms with Gasteiger partial charge in [-0.3, -0.25) is 0 Å². The number of thioether (sulfide) groups is 1. The van der Waals surface area contributed by atoms with Gasteiger partial charge in [-0.05, 0) is 44.8 Å². The molecule has 0 spiro atoms. The predicted molar refractivity (Wildman–Crippen MR) is 73.1 cm³/mol. The predicted octanol–water partition coefficient (Wildman–Crippen LogP) is 4.04. The highest BCUT2D eigenvalue weighted by molar-refractivity contribution is 7.99. The van der Waals surface area contributed by atoms with Crippen molar-refractivity contribution in [3.05, 3.63) is 11.6 Å². The third-order valence-electron chi connectivity index (χ3n) is 2.78. The minimum atomic E-state index is 0.272. The zero-order valence-corrected chi connectivity index (χ0v) is 11.7. The van der Waals surface area contributed by atoms with Crippen LogP contribution in [0.25, 0.3) is 0 Å². The van der Waals surface area contributed by atoms with E-state index < -0.39 is 0 Å². The van der Waals surface area contributed by atoms with Gasteiger partial charge in [-0.1, -0.05) is 31.9 Å². The lowest BCUT2D eigenvalue weighted by molar-refractivity contribution is 0.382. The van der Waals surface area contributed by atoms with E-state index in [9.17, 15) is 0 Å². The Labute approximate surface area is 99.9 Å². The lowest BCUT2D eigenvalue weighted by Crippen LogP contribution is -2.17. The maximum atomic E-state index is 5.76. The van der Waals surface area contributed by atoms with Gasteiger partial charge in [-0.15, -0.1) is 11.8 Å². The largest absolute Gasteiger partial charge is 0.320 e. The molecule has 0 heterocycles. The maximum Gasteiger partial charge on any atom is 0.0478 e. The average molecular weight is 229 g/mol. The first kappa shape index (κ1) is 15.0. The normalized spacial score (nSPS) is 16.9. The van der Waals surface area contributed by atoms with Crippen molar-refractivity contribution in [1.82, 2.24) is 0 Å². The second-order valence-electron chi connectivity index (χ2n) is 4.70. The molecule has 90 valence electrons. The summed E-state index contributed by atoms with van der Waals surface area (Å²) in [6, 6.07) is 0. The van der Waals surface area contributed by atoms with Crippen molar-refractivity contribution in [2.45, 2.75) is 52.8 Å². The Morgan fingerprint density at radius 2 is 1.93 bits per heavy atom. The third-order valence-corrected chi connectivity index (χ3v) is 4.02. The van der Waals surface area contributed by atoms with Crippen LogP contribution in [0.15, 0.2) is 11.6 Å². The molecule has 0 aromatic heterocycles. The Morgan fingerprint density at radius 1 is 1.33 bits per heavy atom. The molecule has 0 aliphatic rings. The molecule has 0 saturated carbocycles. The first-order chi connectivity index (χ1) is 6.97. The SMILES string of the molecule is CCC(CC=C(C)C)C(C)CSC(C)N. The Morgan fingerprint density at radius 3 is 2.33 bits per heavy atom. The topological polar surface area (TPSA) is 26.0 Å². The summed E-state index contributed by atoms with van der Waals surface area (Å²) in [5.74, 6) is 2.76. The van der Waals surface area contributed by atoms with Crippen LogP contribution in [-0.2, 0) is 0 Å². The van der Waals surface area contributed by atoms with E-state index in [-0.39, 0.29) is 5.37 Å². The van der Waals surface area contributed by atoms with Gasteiger partial charge in [0.1, 0.15) is 0 Å². The molecule has 3 unspecified atom stereocenters. The molecule has 2 heteroatoms. The first-order valence-electron chi connectivity index (χ1n) is 5.97. The lowest BCUT2D eigenvalue weighted by Gasteiger charge is -2.22. The molecule has 1 nitrogen and oxygen atoms in total. The number of allylic oxidation sites excluding steroid dienone is 2. The van der Waals surface area contributed by atoms with E-state index in [1.54, 1.807) is 0 Å². The Kier molecular flexibility index (Phi) is 8.26. The minimum absolute atomic E-state index is 0.272. The van der Waals surface area contributed by atoms with Gasteiger partial charge in [-0.25, -0.2) is 0 Å². The van der Waals surface area contributed by atoms with Crippen LogP contribution in [0.5, 0.6) is 0 Å². The zero-order valence-electron chi connectivity index (χ0n) is 10.9. The van der Waals surface area contributed by atoms with Gasteiger partial charge in [0.25, 0.3) is 0 Å². The Bertz CT molecular complexity index is 183. The summed E-state index contributed by atoms with van der Waals surface area (Å²) in [5.41, 5.74) is 7.19. The summed E-state index contributed by atoms with van der Waals surface area (Å²) in [6.45, 7) is 11.1. The van der Waals surface area contributed by atoms with Crippen LogP contribution in [-0.4, -0.2) is 11.1 Å². The molecule has 0 aromatic rings. The van der Waals surface area contributed by atoms with Crippen molar-refractivity contribution in [3.63, 3.8) is 0 Å². The van der Waals surface area contributed by atoms with Gasteiger partial charge < -0.3 is 5.73 Å². The molecule has 0 rings (SSSR count). The quantitative estimate of drug-likeness (QED) is 0.526. The Hall–Kier alpha value is 0.0500. The van der Waals surface area contributed by atoms with Crippen molar-refractivity contribution in [1.29, 1.82) is 0 Å². The van der Waals surface area contributed by atoms with Crippen LogP contribution in [0.1, 0.15) is 47.5 Å². The van der Waals surface area contributed by atoms with Crippen LogP contribution < -0.4 is 5.73 Å². The lowest BCUT2D eigenvalue weighted by atomic mass is 9.89. The van der Waals surface area contributed by atoms with E-state index in [0.717, 1.165) is 11.8 Å². The van der Waals surface area contributed by atoms with E-state index in [4.69, 9.17) is 5.73 Å². The van der Waals surface area contributed by atoms with E-state index >= 15 is 0 Å². The molecule has 3 atom stereocenters. The van der Waals surface area contributed by atoms with Crippen molar-refractivity contribution in [3.8, 4) is 0 Å². The van der Waals surface area contributed by atoms with Crippen LogP contribution in [0.2, 0.25) is 0 Å². The van der Waals surface area contributed by atoms with E-state index in [1.807, 2.05) is 11.8 Å². The fourth-order valence-electron chi connectivity index (χ4n) is 1.63. The second-order valence-corrected chi connectivity index (χ2v) is 6.11. The average Bonchev–Trinajstić information content (AvgIpc) is 2.15. The molecule has 0 saturated heterocycles. The summed E-state index contributed by atoms with van der Waals surface area (Å²) in [6.07, 6.45) is 4.85. The molecule has 0 aromatic carbocycles. The molecule has 0 fully saturated rings. The highest BCUT2D eigenvalue weighted by atomic mass is 32.2. The van der Waals surface area contributed by atoms with Crippen molar-refractivity contribution < 1.29 is 0 Å². The summed E-state index contributed by atoms with van der Waals surface area (Å²) < 4.78 is 0. The van der Waals surface area contributed by atoms with Crippen LogP contribution in [0.4, 0.5) is 0 Å². The van der Waals surface area contributed by atoms with Crippen LogP contribution >= 0.6 is 11.8 Å². The van der Waals surface area contributed by atoms with Gasteiger partial charge in [0.05, 0.1) is 0 Å². The highest BCUT2D eigenvalue weighted by Gasteiger charge is 2.14. The maximum absolute atomic E-state index is 5.76. The number of rotatable bonds is 7. The van der Waals surface area contributed by atoms with E-state index in [1.165, 1.54) is 24.2 Å². The molecule has 0 aliphatic carbocycles. The summed E-state index contributed by atoms with van der Waals surface area (Å²) >= 11 is 1.87. The van der Waals surface area contributed by atoms with E-state index in [2.05, 4.69) is 40.7 Å². The number of nitrogens with two attached hydrogens (primary N) is 1. The van der Waals surface area contributed by atoms with Gasteiger partial charge in [0, 0.05) is 5.37 Å². The second kappa shape index (κ2) is 8.23. The minimum Gasteiger partial charge on any atom is -0.320 e. The summed E-state index contributed by atoms with van der Waals surface area (Å²) in [7, 11) is 0. The fraction of sp³-hybridized carbons (Fsp3) is 0.846. The first-order valence-corrected chi connectivity index (χ1v) is 7.02. The monoisotopic (exact) mass is 229 g/mol. The van der Waals surface area contributed by atoms with Crippen molar-refractivity contribution in [2.24, 2.45) is 17.6 Å². The molecular formula is C13H27NS. The molecule has 0 amide bonds. The summed E-state index contributed by atoms with van der Waals surface area (Å²) in [4.78, 5) is 0. The number of hydrogen-bond donors (Lipinski definition) is 1. The van der Waals surface area contributed by atoms with Crippen molar-refractivity contribution >= 4 is 11.8 Å². The highest BCUT2D eigenvalue weighted by Crippen LogP contribution is 2.25. The van der Waals surface area contributed by atoms with Gasteiger partial charge in [0.2, 0.25) is 0 Å². The van der Waals surface area contributed by atoms with Crippen LogP contribution in [0.3, 0.4) is 0 Å². The fourth-order valence-corrected chi connectivity index (χ4v) is 2.51. The van der Waals surface area contributed by atoms with Gasteiger partial charge in [-0.2, -0.15) is 0 Å². The smallest absolute Gasteiger partial charge is 0.0478 e. The van der Waals surface area contributed by atoms with Gasteiger partial charge in [0.15, 0.2) is 0 Å².